The molecule has 0 saturated carbocycles. The molecule has 0 amide bonds. The lowest BCUT2D eigenvalue weighted by molar-refractivity contribution is 0.00672. The molecule has 0 aromatic heterocycles. The number of aliphatic hydroxyl groups excluding tert-OH is 1. The predicted octanol–water partition coefficient (Wildman–Crippen LogP) is 2.53. The van der Waals surface area contributed by atoms with Gasteiger partial charge in [-0.3, -0.25) is 0 Å². The van der Waals surface area contributed by atoms with Gasteiger partial charge < -0.3 is 10.8 Å². The Morgan fingerprint density at radius 2 is 1.72 bits per heavy atom. The minimum Gasteiger partial charge on any atom is -0.392 e. The first-order chi connectivity index (χ1) is 8.36. The first-order valence-corrected chi connectivity index (χ1v) is 6.81. The molecule has 1 aromatic carbocycles. The summed E-state index contributed by atoms with van der Waals surface area (Å²) in [5, 5.41) is 10.6. The summed E-state index contributed by atoms with van der Waals surface area (Å²) in [5.41, 5.74) is 8.70. The van der Waals surface area contributed by atoms with Gasteiger partial charge in [-0.1, -0.05) is 45.0 Å². The van der Waals surface area contributed by atoms with E-state index in [0.29, 0.717) is 6.54 Å². The van der Waals surface area contributed by atoms with E-state index >= 15 is 0 Å². The molecule has 100 valence electrons. The third-order valence-electron chi connectivity index (χ3n) is 4.12. The normalized spacial score (nSPS) is 19.6. The highest BCUT2D eigenvalue weighted by molar-refractivity contribution is 5.35. The zero-order chi connectivity index (χ0) is 13.4. The minimum absolute atomic E-state index is 0.135. The number of hydrogen-bond acceptors (Lipinski definition) is 2. The van der Waals surface area contributed by atoms with Crippen LogP contribution in [-0.2, 0) is 12.8 Å². The molecule has 0 fully saturated rings. The predicted molar refractivity (Wildman–Crippen MR) is 75.4 cm³/mol. The summed E-state index contributed by atoms with van der Waals surface area (Å²) in [5.74, 6) is 0. The summed E-state index contributed by atoms with van der Waals surface area (Å²) < 4.78 is 0. The number of aliphatic hydroxyl groups is 1. The molecule has 2 rings (SSSR count). The van der Waals surface area contributed by atoms with Gasteiger partial charge in [0.25, 0.3) is 0 Å². The Morgan fingerprint density at radius 1 is 1.22 bits per heavy atom. The number of benzene rings is 1. The van der Waals surface area contributed by atoms with Crippen LogP contribution in [0.15, 0.2) is 24.3 Å². The van der Waals surface area contributed by atoms with E-state index in [0.717, 1.165) is 19.3 Å². The van der Waals surface area contributed by atoms with E-state index in [1.54, 1.807) is 0 Å². The lowest BCUT2D eigenvalue weighted by Crippen LogP contribution is -2.44. The van der Waals surface area contributed by atoms with Crippen molar-refractivity contribution in [3.63, 3.8) is 0 Å². The maximum absolute atomic E-state index is 10.6. The van der Waals surface area contributed by atoms with Gasteiger partial charge in [0.15, 0.2) is 0 Å². The van der Waals surface area contributed by atoms with Crippen molar-refractivity contribution in [1.29, 1.82) is 0 Å². The Labute approximate surface area is 110 Å². The van der Waals surface area contributed by atoms with Crippen molar-refractivity contribution in [2.45, 2.75) is 46.1 Å². The minimum atomic E-state index is -0.324. The molecule has 0 heterocycles. The zero-order valence-corrected chi connectivity index (χ0v) is 11.7. The summed E-state index contributed by atoms with van der Waals surface area (Å²) in [6, 6.07) is 8.47. The van der Waals surface area contributed by atoms with Crippen molar-refractivity contribution >= 4 is 0 Å². The van der Waals surface area contributed by atoms with Gasteiger partial charge >= 0.3 is 0 Å². The van der Waals surface area contributed by atoms with E-state index in [4.69, 9.17) is 5.73 Å². The molecule has 3 N–H and O–H groups in total. The molecule has 18 heavy (non-hydrogen) atoms. The number of rotatable bonds is 3. The fourth-order valence-corrected chi connectivity index (χ4v) is 3.04. The van der Waals surface area contributed by atoms with E-state index in [-0.39, 0.29) is 16.9 Å². The maximum Gasteiger partial charge on any atom is 0.0619 e. The van der Waals surface area contributed by atoms with Crippen LogP contribution in [0.3, 0.4) is 0 Å². The second kappa shape index (κ2) is 4.67. The van der Waals surface area contributed by atoms with Crippen LogP contribution >= 0.6 is 0 Å². The summed E-state index contributed by atoms with van der Waals surface area (Å²) in [7, 11) is 0. The highest BCUT2D eigenvalue weighted by Gasteiger charge is 2.43. The van der Waals surface area contributed by atoms with Crippen molar-refractivity contribution in [2.75, 3.05) is 6.54 Å². The smallest absolute Gasteiger partial charge is 0.0619 e. The van der Waals surface area contributed by atoms with E-state index in [9.17, 15) is 5.11 Å². The fraction of sp³-hybridized carbons (Fsp3) is 0.625. The lowest BCUT2D eigenvalue weighted by Gasteiger charge is -2.36. The van der Waals surface area contributed by atoms with Crippen LogP contribution < -0.4 is 5.73 Å². The van der Waals surface area contributed by atoms with Crippen LogP contribution in [0.25, 0.3) is 0 Å². The molecule has 2 nitrogen and oxygen atoms in total. The number of nitrogens with two attached hydrogens (primary N) is 1. The molecule has 0 radical (unpaired) electrons. The molecule has 0 spiro atoms. The average Bonchev–Trinajstić information content (AvgIpc) is 2.66. The van der Waals surface area contributed by atoms with Crippen molar-refractivity contribution < 1.29 is 5.11 Å². The largest absolute Gasteiger partial charge is 0.392 e. The van der Waals surface area contributed by atoms with Crippen LogP contribution in [0.1, 0.15) is 38.3 Å². The summed E-state index contributed by atoms with van der Waals surface area (Å²) in [6.45, 7) is 7.06. The first-order valence-electron chi connectivity index (χ1n) is 6.81. The standard InChI is InChI=1S/C16H25NO/c1-15(2,3)10-14(18)16(11-17)8-12-6-4-5-7-13(12)9-16/h4-7,14,18H,8-11,17H2,1-3H3. The molecule has 1 unspecified atom stereocenters. The molecular weight excluding hydrogens is 222 g/mol. The lowest BCUT2D eigenvalue weighted by atomic mass is 9.73. The zero-order valence-electron chi connectivity index (χ0n) is 11.7. The van der Waals surface area contributed by atoms with Crippen LogP contribution in [0.2, 0.25) is 0 Å². The average molecular weight is 247 g/mol. The second-order valence-electron chi connectivity index (χ2n) is 6.97. The SMILES string of the molecule is CC(C)(C)CC(O)C1(CN)Cc2ccccc2C1. The Balaban J connectivity index is 2.20. The second-order valence-corrected chi connectivity index (χ2v) is 6.97. The molecule has 0 bridgehead atoms. The van der Waals surface area contributed by atoms with E-state index in [1.807, 2.05) is 0 Å². The summed E-state index contributed by atoms with van der Waals surface area (Å²) >= 11 is 0. The Morgan fingerprint density at radius 3 is 2.11 bits per heavy atom. The van der Waals surface area contributed by atoms with E-state index in [2.05, 4.69) is 45.0 Å². The van der Waals surface area contributed by atoms with Crippen molar-refractivity contribution in [2.24, 2.45) is 16.6 Å². The van der Waals surface area contributed by atoms with Gasteiger partial charge in [-0.2, -0.15) is 0 Å². The van der Waals surface area contributed by atoms with Gasteiger partial charge in [-0.15, -0.1) is 0 Å². The molecule has 0 aliphatic heterocycles. The molecule has 1 aliphatic carbocycles. The highest BCUT2D eigenvalue weighted by atomic mass is 16.3. The monoisotopic (exact) mass is 247 g/mol. The third-order valence-corrected chi connectivity index (χ3v) is 4.12. The molecule has 1 atom stereocenters. The Hall–Kier alpha value is -0.860. The Bertz CT molecular complexity index is 394. The van der Waals surface area contributed by atoms with Gasteiger partial charge in [0.1, 0.15) is 0 Å². The van der Waals surface area contributed by atoms with E-state index < -0.39 is 0 Å². The molecule has 2 heteroatoms. The van der Waals surface area contributed by atoms with Crippen molar-refractivity contribution in [3.8, 4) is 0 Å². The van der Waals surface area contributed by atoms with E-state index in [1.165, 1.54) is 11.1 Å². The molecular formula is C16H25NO. The molecule has 1 aromatic rings. The van der Waals surface area contributed by atoms with Gasteiger partial charge in [0.05, 0.1) is 6.10 Å². The summed E-state index contributed by atoms with van der Waals surface area (Å²) in [4.78, 5) is 0. The van der Waals surface area contributed by atoms with Crippen LogP contribution in [-0.4, -0.2) is 17.8 Å². The molecule has 1 aliphatic rings. The van der Waals surface area contributed by atoms with Crippen molar-refractivity contribution in [3.05, 3.63) is 35.4 Å². The van der Waals surface area contributed by atoms with Gasteiger partial charge in [-0.05, 0) is 35.8 Å². The first kappa shape index (κ1) is 13.6. The number of hydrogen-bond donors (Lipinski definition) is 2. The topological polar surface area (TPSA) is 46.2 Å². The molecule has 0 saturated heterocycles. The van der Waals surface area contributed by atoms with Crippen LogP contribution in [0, 0.1) is 10.8 Å². The van der Waals surface area contributed by atoms with Gasteiger partial charge in [0.2, 0.25) is 0 Å². The van der Waals surface area contributed by atoms with Crippen LogP contribution in [0.4, 0.5) is 0 Å². The van der Waals surface area contributed by atoms with Crippen LogP contribution in [0.5, 0.6) is 0 Å². The maximum atomic E-state index is 10.6. The third kappa shape index (κ3) is 2.60. The van der Waals surface area contributed by atoms with Gasteiger partial charge in [-0.25, -0.2) is 0 Å². The van der Waals surface area contributed by atoms with Gasteiger partial charge in [0, 0.05) is 12.0 Å². The highest BCUT2D eigenvalue weighted by Crippen LogP contribution is 2.42. The number of fused-ring (bicyclic) bond motifs is 1. The Kier molecular flexibility index (Phi) is 3.52. The summed E-state index contributed by atoms with van der Waals surface area (Å²) in [6.07, 6.45) is 2.31. The fourth-order valence-electron chi connectivity index (χ4n) is 3.04. The van der Waals surface area contributed by atoms with Crippen molar-refractivity contribution in [1.82, 2.24) is 0 Å². The quantitative estimate of drug-likeness (QED) is 0.862.